The van der Waals surface area contributed by atoms with E-state index in [-0.39, 0.29) is 17.5 Å². The highest BCUT2D eigenvalue weighted by atomic mass is 35.5. The number of halogens is 2. The van der Waals surface area contributed by atoms with E-state index in [0.29, 0.717) is 15.8 Å². The fraction of sp³-hybridized carbons (Fsp3) is 0. The molecule has 0 fully saturated rings. The third kappa shape index (κ3) is 2.88. The molecule has 1 aromatic carbocycles. The fourth-order valence-electron chi connectivity index (χ4n) is 1.20. The number of amidine groups is 1. The number of nitrogens with two attached hydrogens (primary N) is 1. The van der Waals surface area contributed by atoms with Crippen LogP contribution < -0.4 is 10.5 Å². The normalized spacial score (nSPS) is 10.1. The monoisotopic (exact) mass is 282 g/mol. The van der Waals surface area contributed by atoms with E-state index < -0.39 is 0 Å². The van der Waals surface area contributed by atoms with Crippen molar-refractivity contribution in [3.05, 3.63) is 46.2 Å². The maximum absolute atomic E-state index is 7.27. The Labute approximate surface area is 113 Å². The van der Waals surface area contributed by atoms with Gasteiger partial charge in [-0.3, -0.25) is 5.41 Å². The lowest BCUT2D eigenvalue weighted by atomic mass is 10.3. The molecule has 2 aromatic rings. The van der Waals surface area contributed by atoms with Gasteiger partial charge in [0.15, 0.2) is 0 Å². The number of ether oxygens (including phenoxy) is 1. The number of nitrogen functional groups attached to an aromatic ring is 1. The summed E-state index contributed by atoms with van der Waals surface area (Å²) in [6, 6.07) is 6.37. The Morgan fingerprint density at radius 2 is 2.06 bits per heavy atom. The first-order valence-electron chi connectivity index (χ1n) is 4.86. The smallest absolute Gasteiger partial charge is 0.322 e. The summed E-state index contributed by atoms with van der Waals surface area (Å²) in [5.41, 5.74) is 5.60. The molecule has 2 rings (SSSR count). The Balaban J connectivity index is 2.28. The van der Waals surface area contributed by atoms with Crippen LogP contribution in [0.1, 0.15) is 5.69 Å². The molecule has 0 saturated carbocycles. The standard InChI is InChI=1S/C11H8Cl2N4O/c12-6-1-2-9(7(13)5-6)18-11-16-4-3-8(17-11)10(14)15/h1-5H,(H3,14,15). The summed E-state index contributed by atoms with van der Waals surface area (Å²) in [5.74, 6) is 0.214. The molecule has 0 radical (unpaired) electrons. The van der Waals surface area contributed by atoms with Gasteiger partial charge in [-0.05, 0) is 24.3 Å². The van der Waals surface area contributed by atoms with Crippen molar-refractivity contribution < 1.29 is 4.74 Å². The van der Waals surface area contributed by atoms with Gasteiger partial charge in [-0.15, -0.1) is 0 Å². The van der Waals surface area contributed by atoms with Gasteiger partial charge in [0, 0.05) is 11.2 Å². The number of aromatic nitrogens is 2. The van der Waals surface area contributed by atoms with Crippen LogP contribution in [0, 0.1) is 5.41 Å². The molecule has 0 spiro atoms. The maximum Gasteiger partial charge on any atom is 0.322 e. The highest BCUT2D eigenvalue weighted by molar-refractivity contribution is 6.35. The third-order valence-corrected chi connectivity index (χ3v) is 2.54. The first kappa shape index (κ1) is 12.6. The first-order chi connectivity index (χ1) is 8.56. The molecule has 92 valence electrons. The lowest BCUT2D eigenvalue weighted by molar-refractivity contribution is 0.441. The van der Waals surface area contributed by atoms with Crippen molar-refractivity contribution in [2.24, 2.45) is 5.73 Å². The molecule has 0 amide bonds. The van der Waals surface area contributed by atoms with Crippen LogP contribution in [0.5, 0.6) is 11.8 Å². The average molecular weight is 283 g/mol. The van der Waals surface area contributed by atoms with E-state index in [1.165, 1.54) is 12.3 Å². The van der Waals surface area contributed by atoms with E-state index in [1.54, 1.807) is 18.2 Å². The Kier molecular flexibility index (Phi) is 3.64. The van der Waals surface area contributed by atoms with Crippen molar-refractivity contribution in [1.82, 2.24) is 9.97 Å². The summed E-state index contributed by atoms with van der Waals surface area (Å²) < 4.78 is 5.39. The number of nitrogens with one attached hydrogen (secondary N) is 1. The molecule has 3 N–H and O–H groups in total. The van der Waals surface area contributed by atoms with Gasteiger partial charge in [0.05, 0.1) is 5.02 Å². The van der Waals surface area contributed by atoms with Crippen LogP contribution in [0.4, 0.5) is 0 Å². The summed E-state index contributed by atoms with van der Waals surface area (Å²) in [7, 11) is 0. The van der Waals surface area contributed by atoms with Gasteiger partial charge in [-0.25, -0.2) is 4.98 Å². The van der Waals surface area contributed by atoms with Gasteiger partial charge in [-0.1, -0.05) is 23.2 Å². The summed E-state index contributed by atoms with van der Waals surface area (Å²) >= 11 is 11.7. The van der Waals surface area contributed by atoms with Crippen molar-refractivity contribution in [3.63, 3.8) is 0 Å². The third-order valence-electron chi connectivity index (χ3n) is 2.00. The Morgan fingerprint density at radius 1 is 1.28 bits per heavy atom. The fourth-order valence-corrected chi connectivity index (χ4v) is 1.64. The predicted octanol–water partition coefficient (Wildman–Crippen LogP) is 2.86. The van der Waals surface area contributed by atoms with E-state index in [0.717, 1.165) is 0 Å². The molecule has 0 saturated heterocycles. The molecule has 0 unspecified atom stereocenters. The zero-order valence-corrected chi connectivity index (χ0v) is 10.5. The van der Waals surface area contributed by atoms with E-state index in [2.05, 4.69) is 9.97 Å². The van der Waals surface area contributed by atoms with Crippen LogP contribution in [0.15, 0.2) is 30.5 Å². The van der Waals surface area contributed by atoms with Crippen molar-refractivity contribution in [2.45, 2.75) is 0 Å². The highest BCUT2D eigenvalue weighted by Gasteiger charge is 2.07. The molecule has 0 bridgehead atoms. The molecule has 0 aliphatic heterocycles. The average Bonchev–Trinajstić information content (AvgIpc) is 2.33. The molecular weight excluding hydrogens is 275 g/mol. The minimum absolute atomic E-state index is 0.0620. The van der Waals surface area contributed by atoms with Gasteiger partial charge in [-0.2, -0.15) is 4.98 Å². The lowest BCUT2D eigenvalue weighted by Gasteiger charge is -2.06. The maximum atomic E-state index is 7.27. The SMILES string of the molecule is N=C(N)c1ccnc(Oc2ccc(Cl)cc2Cl)n1. The van der Waals surface area contributed by atoms with Crippen LogP contribution in [-0.4, -0.2) is 15.8 Å². The molecule has 5 nitrogen and oxygen atoms in total. The van der Waals surface area contributed by atoms with Crippen molar-refractivity contribution >= 4 is 29.0 Å². The Bertz CT molecular complexity index is 603. The number of hydrogen-bond acceptors (Lipinski definition) is 4. The number of benzene rings is 1. The van der Waals surface area contributed by atoms with Crippen LogP contribution in [0.2, 0.25) is 10.0 Å². The van der Waals surface area contributed by atoms with Crippen LogP contribution in [0.3, 0.4) is 0 Å². The van der Waals surface area contributed by atoms with Crippen molar-refractivity contribution in [1.29, 1.82) is 5.41 Å². The molecular formula is C11H8Cl2N4O. The van der Waals surface area contributed by atoms with E-state index in [1.807, 2.05) is 0 Å². The molecule has 7 heteroatoms. The zero-order valence-electron chi connectivity index (χ0n) is 9.02. The van der Waals surface area contributed by atoms with Gasteiger partial charge in [0.25, 0.3) is 0 Å². The topological polar surface area (TPSA) is 84.9 Å². The van der Waals surface area contributed by atoms with Crippen molar-refractivity contribution in [3.8, 4) is 11.8 Å². The highest BCUT2D eigenvalue weighted by Crippen LogP contribution is 2.30. The quantitative estimate of drug-likeness (QED) is 0.670. The first-order valence-corrected chi connectivity index (χ1v) is 5.62. The van der Waals surface area contributed by atoms with E-state index in [4.69, 9.17) is 39.1 Å². The van der Waals surface area contributed by atoms with E-state index in [9.17, 15) is 0 Å². The summed E-state index contributed by atoms with van der Waals surface area (Å²) in [5, 5.41) is 8.12. The predicted molar refractivity (Wildman–Crippen MR) is 69.6 cm³/mol. The van der Waals surface area contributed by atoms with Crippen LogP contribution in [0.25, 0.3) is 0 Å². The van der Waals surface area contributed by atoms with Crippen LogP contribution in [-0.2, 0) is 0 Å². The molecule has 1 heterocycles. The Hall–Kier alpha value is -1.85. The lowest BCUT2D eigenvalue weighted by Crippen LogP contribution is -2.13. The molecule has 0 atom stereocenters. The van der Waals surface area contributed by atoms with Gasteiger partial charge >= 0.3 is 6.01 Å². The van der Waals surface area contributed by atoms with Gasteiger partial charge in [0.1, 0.15) is 17.3 Å². The second-order valence-electron chi connectivity index (χ2n) is 3.31. The largest absolute Gasteiger partial charge is 0.423 e. The van der Waals surface area contributed by atoms with Crippen LogP contribution >= 0.6 is 23.2 Å². The minimum atomic E-state index is -0.163. The van der Waals surface area contributed by atoms with Crippen molar-refractivity contribution in [2.75, 3.05) is 0 Å². The molecule has 1 aromatic heterocycles. The number of nitrogens with zero attached hydrogens (tertiary/aromatic N) is 2. The van der Waals surface area contributed by atoms with E-state index >= 15 is 0 Å². The second-order valence-corrected chi connectivity index (χ2v) is 4.16. The molecule has 0 aliphatic carbocycles. The number of rotatable bonds is 3. The summed E-state index contributed by atoms with van der Waals surface area (Å²) in [4.78, 5) is 7.86. The van der Waals surface area contributed by atoms with Gasteiger partial charge < -0.3 is 10.5 Å². The summed E-state index contributed by atoms with van der Waals surface area (Å²) in [6.07, 6.45) is 1.45. The summed E-state index contributed by atoms with van der Waals surface area (Å²) in [6.45, 7) is 0. The number of hydrogen-bond donors (Lipinski definition) is 2. The Morgan fingerprint density at radius 3 is 2.72 bits per heavy atom. The van der Waals surface area contributed by atoms with Gasteiger partial charge in [0.2, 0.25) is 0 Å². The minimum Gasteiger partial charge on any atom is -0.423 e. The molecule has 0 aliphatic rings. The second kappa shape index (κ2) is 5.20. The zero-order chi connectivity index (χ0) is 13.1. The molecule has 18 heavy (non-hydrogen) atoms.